The summed E-state index contributed by atoms with van der Waals surface area (Å²) in [6, 6.07) is 7.61. The summed E-state index contributed by atoms with van der Waals surface area (Å²) in [7, 11) is 1.39. The van der Waals surface area contributed by atoms with E-state index in [4.69, 9.17) is 4.74 Å². The normalized spacial score (nSPS) is 22.2. The molecule has 0 radical (unpaired) electrons. The van der Waals surface area contributed by atoms with Crippen molar-refractivity contribution < 1.29 is 14.3 Å². The minimum atomic E-state index is -0.436. The van der Waals surface area contributed by atoms with Crippen molar-refractivity contribution in [2.24, 2.45) is 0 Å². The summed E-state index contributed by atoms with van der Waals surface area (Å²) in [6.45, 7) is 0.628. The first-order chi connectivity index (χ1) is 11.7. The number of hydrogen-bond acceptors (Lipinski definition) is 3. The van der Waals surface area contributed by atoms with Gasteiger partial charge in [0.2, 0.25) is 0 Å². The SMILES string of the molecule is COC(=O)[C@H]1CCCCN1C(=O)c1ccc(C2CCCCC2)cc1. The number of methoxy groups -OCH3 is 1. The van der Waals surface area contributed by atoms with Gasteiger partial charge < -0.3 is 9.64 Å². The number of carbonyl (C=O) groups is 2. The zero-order chi connectivity index (χ0) is 16.9. The number of benzene rings is 1. The van der Waals surface area contributed by atoms with Crippen LogP contribution in [0.2, 0.25) is 0 Å². The number of nitrogens with zero attached hydrogens (tertiary/aromatic N) is 1. The second-order valence-electron chi connectivity index (χ2n) is 6.99. The van der Waals surface area contributed by atoms with Crippen molar-refractivity contribution in [2.75, 3.05) is 13.7 Å². The molecule has 2 fully saturated rings. The lowest BCUT2D eigenvalue weighted by atomic mass is 9.84. The Labute approximate surface area is 144 Å². The van der Waals surface area contributed by atoms with Crippen LogP contribution in [-0.2, 0) is 9.53 Å². The Morgan fingerprint density at radius 2 is 1.62 bits per heavy atom. The van der Waals surface area contributed by atoms with Crippen molar-refractivity contribution in [3.8, 4) is 0 Å². The van der Waals surface area contributed by atoms with Gasteiger partial charge in [-0.3, -0.25) is 4.79 Å². The third-order valence-corrected chi connectivity index (χ3v) is 5.47. The van der Waals surface area contributed by atoms with Crippen LogP contribution in [0.25, 0.3) is 0 Å². The van der Waals surface area contributed by atoms with E-state index in [2.05, 4.69) is 12.1 Å². The third-order valence-electron chi connectivity index (χ3n) is 5.47. The number of esters is 1. The summed E-state index contributed by atoms with van der Waals surface area (Å²) < 4.78 is 4.87. The first-order valence-corrected chi connectivity index (χ1v) is 9.19. The van der Waals surface area contributed by atoms with Crippen molar-refractivity contribution in [1.29, 1.82) is 0 Å². The largest absolute Gasteiger partial charge is 0.467 e. The molecule has 24 heavy (non-hydrogen) atoms. The van der Waals surface area contributed by atoms with Gasteiger partial charge >= 0.3 is 5.97 Å². The zero-order valence-electron chi connectivity index (χ0n) is 14.5. The van der Waals surface area contributed by atoms with E-state index in [9.17, 15) is 9.59 Å². The maximum absolute atomic E-state index is 12.8. The van der Waals surface area contributed by atoms with Crippen LogP contribution in [0.5, 0.6) is 0 Å². The third kappa shape index (κ3) is 3.63. The predicted molar refractivity (Wildman–Crippen MR) is 93.0 cm³/mol. The van der Waals surface area contributed by atoms with Crippen LogP contribution in [0.3, 0.4) is 0 Å². The molecular formula is C20H27NO3. The van der Waals surface area contributed by atoms with Gasteiger partial charge in [-0.05, 0) is 55.7 Å². The van der Waals surface area contributed by atoms with Crippen LogP contribution < -0.4 is 0 Å². The quantitative estimate of drug-likeness (QED) is 0.790. The van der Waals surface area contributed by atoms with Crippen LogP contribution in [0, 0.1) is 0 Å². The second kappa shape index (κ2) is 7.82. The Morgan fingerprint density at radius 1 is 0.958 bits per heavy atom. The summed E-state index contributed by atoms with van der Waals surface area (Å²) in [5.41, 5.74) is 2.01. The molecule has 4 nitrogen and oxygen atoms in total. The van der Waals surface area contributed by atoms with Crippen molar-refractivity contribution in [2.45, 2.75) is 63.3 Å². The highest BCUT2D eigenvalue weighted by Crippen LogP contribution is 2.32. The maximum Gasteiger partial charge on any atom is 0.328 e. The minimum Gasteiger partial charge on any atom is -0.467 e. The van der Waals surface area contributed by atoms with E-state index in [1.165, 1.54) is 44.8 Å². The molecule has 0 bridgehead atoms. The molecule has 130 valence electrons. The first-order valence-electron chi connectivity index (χ1n) is 9.19. The lowest BCUT2D eigenvalue weighted by molar-refractivity contribution is -0.147. The van der Waals surface area contributed by atoms with E-state index in [0.717, 1.165) is 12.8 Å². The molecule has 0 spiro atoms. The van der Waals surface area contributed by atoms with Gasteiger partial charge in [-0.15, -0.1) is 0 Å². The second-order valence-corrected chi connectivity index (χ2v) is 6.99. The Balaban J connectivity index is 1.72. The monoisotopic (exact) mass is 329 g/mol. The standard InChI is InChI=1S/C20H27NO3/c1-24-20(23)18-9-5-6-14-21(18)19(22)17-12-10-16(11-13-17)15-7-3-2-4-8-15/h10-13,15,18H,2-9,14H2,1H3/t18-/m1/s1. The number of amides is 1. The maximum atomic E-state index is 12.8. The van der Waals surface area contributed by atoms with Gasteiger partial charge in [0.05, 0.1) is 7.11 Å². The molecule has 1 atom stereocenters. The summed E-state index contributed by atoms with van der Waals surface area (Å²) in [5.74, 6) is 0.280. The van der Waals surface area contributed by atoms with Gasteiger partial charge in [0, 0.05) is 12.1 Å². The lowest BCUT2D eigenvalue weighted by Crippen LogP contribution is -2.48. The molecule has 1 saturated heterocycles. The molecule has 1 saturated carbocycles. The molecule has 0 unspecified atom stereocenters. The van der Waals surface area contributed by atoms with Crippen molar-refractivity contribution in [3.63, 3.8) is 0 Å². The fourth-order valence-corrected chi connectivity index (χ4v) is 4.06. The minimum absolute atomic E-state index is 0.0553. The van der Waals surface area contributed by atoms with E-state index in [-0.39, 0.29) is 11.9 Å². The van der Waals surface area contributed by atoms with Gasteiger partial charge in [0.1, 0.15) is 6.04 Å². The molecular weight excluding hydrogens is 302 g/mol. The van der Waals surface area contributed by atoms with E-state index < -0.39 is 6.04 Å². The summed E-state index contributed by atoms with van der Waals surface area (Å²) >= 11 is 0. The highest BCUT2D eigenvalue weighted by atomic mass is 16.5. The molecule has 1 heterocycles. The summed E-state index contributed by atoms with van der Waals surface area (Å²) in [6.07, 6.45) is 9.06. The molecule has 1 aromatic carbocycles. The number of piperidine rings is 1. The molecule has 1 amide bonds. The predicted octanol–water partition coefficient (Wildman–Crippen LogP) is 3.90. The van der Waals surface area contributed by atoms with Gasteiger partial charge in [-0.2, -0.15) is 0 Å². The highest BCUT2D eigenvalue weighted by Gasteiger charge is 2.33. The Hall–Kier alpha value is -1.84. The molecule has 2 aliphatic rings. The number of likely N-dealkylation sites (tertiary alicyclic amines) is 1. The van der Waals surface area contributed by atoms with E-state index in [1.807, 2.05) is 12.1 Å². The Morgan fingerprint density at radius 3 is 2.29 bits per heavy atom. The molecule has 1 aromatic rings. The average Bonchev–Trinajstić information content (AvgIpc) is 2.67. The highest BCUT2D eigenvalue weighted by molar-refractivity contribution is 5.97. The van der Waals surface area contributed by atoms with Gasteiger partial charge in [0.25, 0.3) is 5.91 Å². The molecule has 0 N–H and O–H groups in total. The smallest absolute Gasteiger partial charge is 0.328 e. The van der Waals surface area contributed by atoms with Crippen molar-refractivity contribution in [3.05, 3.63) is 35.4 Å². The zero-order valence-corrected chi connectivity index (χ0v) is 14.5. The Kier molecular flexibility index (Phi) is 5.54. The molecule has 1 aliphatic heterocycles. The number of ether oxygens (including phenoxy) is 1. The number of rotatable bonds is 3. The van der Waals surface area contributed by atoms with Crippen LogP contribution >= 0.6 is 0 Å². The van der Waals surface area contributed by atoms with E-state index in [0.29, 0.717) is 24.4 Å². The van der Waals surface area contributed by atoms with Gasteiger partial charge in [0.15, 0.2) is 0 Å². The van der Waals surface area contributed by atoms with Crippen LogP contribution in [-0.4, -0.2) is 36.5 Å². The number of hydrogen-bond donors (Lipinski definition) is 0. The fourth-order valence-electron chi connectivity index (χ4n) is 4.06. The molecule has 0 aromatic heterocycles. The van der Waals surface area contributed by atoms with Gasteiger partial charge in [-0.25, -0.2) is 4.79 Å². The lowest BCUT2D eigenvalue weighted by Gasteiger charge is -2.33. The van der Waals surface area contributed by atoms with Gasteiger partial charge in [-0.1, -0.05) is 31.4 Å². The fraction of sp³-hybridized carbons (Fsp3) is 0.600. The van der Waals surface area contributed by atoms with Crippen molar-refractivity contribution in [1.82, 2.24) is 4.90 Å². The topological polar surface area (TPSA) is 46.6 Å². The summed E-state index contributed by atoms with van der Waals surface area (Å²) in [4.78, 5) is 26.5. The van der Waals surface area contributed by atoms with E-state index in [1.54, 1.807) is 4.90 Å². The van der Waals surface area contributed by atoms with Crippen LogP contribution in [0.4, 0.5) is 0 Å². The average molecular weight is 329 g/mol. The van der Waals surface area contributed by atoms with Crippen LogP contribution in [0.1, 0.15) is 73.2 Å². The summed E-state index contributed by atoms with van der Waals surface area (Å²) in [5, 5.41) is 0. The first kappa shape index (κ1) is 17.0. The molecule has 4 heteroatoms. The van der Waals surface area contributed by atoms with Crippen molar-refractivity contribution >= 4 is 11.9 Å². The molecule has 3 rings (SSSR count). The van der Waals surface area contributed by atoms with E-state index >= 15 is 0 Å². The molecule has 1 aliphatic carbocycles. The van der Waals surface area contributed by atoms with Crippen LogP contribution in [0.15, 0.2) is 24.3 Å². The number of carbonyl (C=O) groups excluding carboxylic acids is 2. The Bertz CT molecular complexity index is 575.